The third kappa shape index (κ3) is 4.77. The first-order valence-electron chi connectivity index (χ1n) is 10.1. The first kappa shape index (κ1) is 23.3. The third-order valence-corrected chi connectivity index (χ3v) is 5.05. The summed E-state index contributed by atoms with van der Waals surface area (Å²) in [5, 5.41) is 15.5. The predicted molar refractivity (Wildman–Crippen MR) is 118 cm³/mol. The van der Waals surface area contributed by atoms with Crippen molar-refractivity contribution in [1.82, 2.24) is 9.99 Å². The van der Waals surface area contributed by atoms with Gasteiger partial charge in [0, 0.05) is 17.5 Å². The Balaban J connectivity index is 2.21. The average molecular weight is 446 g/mol. The van der Waals surface area contributed by atoms with E-state index in [4.69, 9.17) is 5.73 Å². The van der Waals surface area contributed by atoms with E-state index >= 15 is 0 Å². The summed E-state index contributed by atoms with van der Waals surface area (Å²) in [5.41, 5.74) is 9.97. The Bertz CT molecular complexity index is 1180. The van der Waals surface area contributed by atoms with Crippen LogP contribution in [-0.2, 0) is 11.0 Å². The Kier molecular flexibility index (Phi) is 6.59. The number of hydrogen-bond acceptors (Lipinski definition) is 4. The fourth-order valence-electron chi connectivity index (χ4n) is 3.67. The summed E-state index contributed by atoms with van der Waals surface area (Å²) in [4.78, 5) is 11.9. The molecule has 0 aliphatic heterocycles. The summed E-state index contributed by atoms with van der Waals surface area (Å²) in [6, 6.07) is 8.75. The van der Waals surface area contributed by atoms with Crippen molar-refractivity contribution in [3.63, 3.8) is 0 Å². The van der Waals surface area contributed by atoms with Gasteiger partial charge in [-0.2, -0.15) is 18.3 Å². The standard InChI is InChI=1S/C23H25F3N4O2/c1-13-9-14(2)11-17(10-13)30-19-12-16(23(24,25)26)6-7-18(19)21(22(30)32)15(3)28-29-20(31)5-4-8-27/h6-7,9-12,32H,4-5,8,27H2,1-3H3,(H,29,31)/b28-15+. The third-order valence-electron chi connectivity index (χ3n) is 5.05. The molecule has 1 heterocycles. The number of fused-ring (bicyclic) bond motifs is 1. The molecule has 0 atom stereocenters. The van der Waals surface area contributed by atoms with Gasteiger partial charge in [0.15, 0.2) is 0 Å². The number of aryl methyl sites for hydroxylation is 2. The van der Waals surface area contributed by atoms with E-state index < -0.39 is 11.7 Å². The Morgan fingerprint density at radius 3 is 2.41 bits per heavy atom. The second-order valence-electron chi connectivity index (χ2n) is 7.73. The van der Waals surface area contributed by atoms with E-state index in [1.807, 2.05) is 19.9 Å². The van der Waals surface area contributed by atoms with Gasteiger partial charge in [0.1, 0.15) is 0 Å². The lowest BCUT2D eigenvalue weighted by Gasteiger charge is -2.11. The topological polar surface area (TPSA) is 92.6 Å². The van der Waals surface area contributed by atoms with Crippen molar-refractivity contribution in [3.8, 4) is 11.6 Å². The number of alkyl halides is 3. The summed E-state index contributed by atoms with van der Waals surface area (Å²) in [6.07, 6.45) is -3.85. The minimum Gasteiger partial charge on any atom is -0.494 e. The van der Waals surface area contributed by atoms with E-state index in [9.17, 15) is 23.1 Å². The van der Waals surface area contributed by atoms with Crippen LogP contribution in [0.1, 0.15) is 42.0 Å². The van der Waals surface area contributed by atoms with E-state index in [0.717, 1.165) is 23.3 Å². The minimum absolute atomic E-state index is 0.182. The molecule has 9 heteroatoms. The number of nitrogens with zero attached hydrogens (tertiary/aromatic N) is 2. The molecule has 1 aromatic heterocycles. The minimum atomic E-state index is -4.54. The maximum absolute atomic E-state index is 13.4. The van der Waals surface area contributed by atoms with E-state index in [-0.39, 0.29) is 35.0 Å². The van der Waals surface area contributed by atoms with Crippen LogP contribution in [0.4, 0.5) is 13.2 Å². The molecule has 3 rings (SSSR count). The molecule has 4 N–H and O–H groups in total. The summed E-state index contributed by atoms with van der Waals surface area (Å²) >= 11 is 0. The van der Waals surface area contributed by atoms with Gasteiger partial charge >= 0.3 is 6.18 Å². The number of aromatic nitrogens is 1. The zero-order valence-electron chi connectivity index (χ0n) is 18.0. The van der Waals surface area contributed by atoms with Crippen molar-refractivity contribution in [2.45, 2.75) is 39.8 Å². The van der Waals surface area contributed by atoms with Crippen LogP contribution < -0.4 is 11.2 Å². The number of amides is 1. The molecule has 0 saturated carbocycles. The van der Waals surface area contributed by atoms with Gasteiger partial charge in [0.25, 0.3) is 0 Å². The van der Waals surface area contributed by atoms with Crippen LogP contribution >= 0.6 is 0 Å². The lowest BCUT2D eigenvalue weighted by Crippen LogP contribution is -2.20. The van der Waals surface area contributed by atoms with Crippen molar-refractivity contribution < 1.29 is 23.1 Å². The highest BCUT2D eigenvalue weighted by molar-refractivity contribution is 6.13. The molecule has 170 valence electrons. The van der Waals surface area contributed by atoms with E-state index in [1.165, 1.54) is 10.6 Å². The molecule has 0 radical (unpaired) electrons. The zero-order chi connectivity index (χ0) is 23.6. The SMILES string of the molecule is C/C(=N\NC(=O)CCCN)c1c(O)n(-c2cc(C)cc(C)c2)c2cc(C(F)(F)F)ccc12. The summed E-state index contributed by atoms with van der Waals surface area (Å²) in [5.74, 6) is -0.603. The van der Waals surface area contributed by atoms with Crippen LogP contribution in [0, 0.1) is 13.8 Å². The number of hydrogen-bond donors (Lipinski definition) is 3. The van der Waals surface area contributed by atoms with E-state index in [0.29, 0.717) is 24.0 Å². The van der Waals surface area contributed by atoms with Crippen LogP contribution in [0.3, 0.4) is 0 Å². The lowest BCUT2D eigenvalue weighted by molar-refractivity contribution is -0.137. The van der Waals surface area contributed by atoms with Crippen molar-refractivity contribution in [1.29, 1.82) is 0 Å². The summed E-state index contributed by atoms with van der Waals surface area (Å²) in [7, 11) is 0. The molecule has 2 aromatic carbocycles. The quantitative estimate of drug-likeness (QED) is 0.383. The zero-order valence-corrected chi connectivity index (χ0v) is 18.0. The maximum atomic E-state index is 13.4. The second kappa shape index (κ2) is 9.04. The normalized spacial score (nSPS) is 12.4. The van der Waals surface area contributed by atoms with Crippen LogP contribution in [0.5, 0.6) is 5.88 Å². The molecule has 6 nitrogen and oxygen atoms in total. The van der Waals surface area contributed by atoms with Crippen LogP contribution in [0.25, 0.3) is 16.6 Å². The van der Waals surface area contributed by atoms with Crippen LogP contribution in [0.15, 0.2) is 41.5 Å². The summed E-state index contributed by atoms with van der Waals surface area (Å²) in [6.45, 7) is 5.67. The smallest absolute Gasteiger partial charge is 0.416 e. The van der Waals surface area contributed by atoms with Gasteiger partial charge < -0.3 is 10.8 Å². The molecule has 0 spiro atoms. The van der Waals surface area contributed by atoms with Gasteiger partial charge in [0.05, 0.1) is 22.4 Å². The molecule has 0 bridgehead atoms. The fourth-order valence-corrected chi connectivity index (χ4v) is 3.67. The van der Waals surface area contributed by atoms with Gasteiger partial charge in [-0.25, -0.2) is 5.43 Å². The van der Waals surface area contributed by atoms with Gasteiger partial charge in [-0.1, -0.05) is 12.1 Å². The van der Waals surface area contributed by atoms with Crippen LogP contribution in [0.2, 0.25) is 0 Å². The monoisotopic (exact) mass is 446 g/mol. The number of benzene rings is 2. The number of carbonyl (C=O) groups is 1. The summed E-state index contributed by atoms with van der Waals surface area (Å²) < 4.78 is 41.6. The van der Waals surface area contributed by atoms with Gasteiger partial charge in [-0.05, 0) is 69.1 Å². The van der Waals surface area contributed by atoms with E-state index in [2.05, 4.69) is 10.5 Å². The first-order valence-corrected chi connectivity index (χ1v) is 10.1. The van der Waals surface area contributed by atoms with Crippen LogP contribution in [-0.4, -0.2) is 27.8 Å². The molecule has 0 aliphatic rings. The molecular formula is C23H25F3N4O2. The molecule has 1 amide bonds. The molecule has 0 saturated heterocycles. The molecular weight excluding hydrogens is 421 g/mol. The van der Waals surface area contributed by atoms with Gasteiger partial charge in [-0.15, -0.1) is 0 Å². The number of nitrogens with two attached hydrogens (primary N) is 1. The first-order chi connectivity index (χ1) is 15.0. The Hall–Kier alpha value is -3.33. The predicted octanol–water partition coefficient (Wildman–Crippen LogP) is 4.55. The highest BCUT2D eigenvalue weighted by Crippen LogP contribution is 2.39. The number of aromatic hydroxyl groups is 1. The maximum Gasteiger partial charge on any atom is 0.416 e. The molecule has 0 fully saturated rings. The number of halogens is 3. The fraction of sp³-hybridized carbons (Fsp3) is 0.304. The average Bonchev–Trinajstić information content (AvgIpc) is 3.00. The Labute approximate surface area is 183 Å². The Morgan fingerprint density at radius 1 is 1.16 bits per heavy atom. The molecule has 0 aliphatic carbocycles. The van der Waals surface area contributed by atoms with Gasteiger partial charge in [0.2, 0.25) is 11.8 Å². The number of nitrogens with one attached hydrogen (secondary N) is 1. The van der Waals surface area contributed by atoms with Gasteiger partial charge in [-0.3, -0.25) is 9.36 Å². The highest BCUT2D eigenvalue weighted by atomic mass is 19.4. The largest absolute Gasteiger partial charge is 0.494 e. The number of carbonyl (C=O) groups excluding carboxylic acids is 1. The van der Waals surface area contributed by atoms with E-state index in [1.54, 1.807) is 19.1 Å². The van der Waals surface area contributed by atoms with Crippen molar-refractivity contribution in [2.24, 2.45) is 10.8 Å². The molecule has 32 heavy (non-hydrogen) atoms. The second-order valence-corrected chi connectivity index (χ2v) is 7.73. The number of hydrazone groups is 1. The van der Waals surface area contributed by atoms with Crippen molar-refractivity contribution >= 4 is 22.5 Å². The number of rotatable bonds is 6. The highest BCUT2D eigenvalue weighted by Gasteiger charge is 2.32. The van der Waals surface area contributed by atoms with Crippen molar-refractivity contribution in [2.75, 3.05) is 6.54 Å². The molecule has 0 unspecified atom stereocenters. The lowest BCUT2D eigenvalue weighted by atomic mass is 10.1. The van der Waals surface area contributed by atoms with Crippen molar-refractivity contribution in [3.05, 3.63) is 58.7 Å². The molecule has 3 aromatic rings. The Morgan fingerprint density at radius 2 is 1.81 bits per heavy atom.